The molecule has 1 aliphatic rings. The predicted molar refractivity (Wildman–Crippen MR) is 75.2 cm³/mol. The molecule has 2 N–H and O–H groups in total. The number of carboxylic acids is 1. The van der Waals surface area contributed by atoms with Gasteiger partial charge in [0.25, 0.3) is 5.91 Å². The fraction of sp³-hybridized carbons (Fsp3) is 0.500. The summed E-state index contributed by atoms with van der Waals surface area (Å²) in [6, 6.07) is 1.42. The number of carbonyl (C=O) groups is 2. The maximum atomic E-state index is 12.0. The summed E-state index contributed by atoms with van der Waals surface area (Å²) in [6.45, 7) is 0. The number of hydrogen-bond acceptors (Lipinski definition) is 3. The molecule has 0 aromatic carbocycles. The van der Waals surface area contributed by atoms with Crippen LogP contribution in [0.15, 0.2) is 6.07 Å². The van der Waals surface area contributed by atoms with Crippen LogP contribution < -0.4 is 5.32 Å². The molecule has 104 valence electrons. The zero-order chi connectivity index (χ0) is 14.0. The van der Waals surface area contributed by atoms with E-state index in [9.17, 15) is 9.59 Å². The Kier molecular flexibility index (Phi) is 4.71. The molecule has 1 aromatic heterocycles. The van der Waals surface area contributed by atoms with Crippen molar-refractivity contribution in [1.29, 1.82) is 0 Å². The Hall–Kier alpha value is -0.780. The highest BCUT2D eigenvalue weighted by atomic mass is 35.5. The summed E-state index contributed by atoms with van der Waals surface area (Å²) in [5.41, 5.74) is 0.356. The Balaban J connectivity index is 1.99. The van der Waals surface area contributed by atoms with Crippen molar-refractivity contribution >= 4 is 46.4 Å². The Morgan fingerprint density at radius 3 is 2.68 bits per heavy atom. The van der Waals surface area contributed by atoms with E-state index in [1.54, 1.807) is 0 Å². The Labute approximate surface area is 124 Å². The molecule has 1 heterocycles. The number of nitrogens with one attached hydrogen (secondary N) is 1. The van der Waals surface area contributed by atoms with Gasteiger partial charge >= 0.3 is 5.97 Å². The van der Waals surface area contributed by atoms with Gasteiger partial charge in [-0.25, -0.2) is 0 Å². The molecule has 4 nitrogen and oxygen atoms in total. The number of carboxylic acid groups (broad SMARTS) is 1. The van der Waals surface area contributed by atoms with Crippen LogP contribution in [0.2, 0.25) is 8.67 Å². The molecular formula is C12H13Cl2NO3S. The van der Waals surface area contributed by atoms with Crippen molar-refractivity contribution in [2.75, 3.05) is 0 Å². The van der Waals surface area contributed by atoms with Gasteiger partial charge in [-0.05, 0) is 25.3 Å². The quantitative estimate of drug-likeness (QED) is 0.896. The first kappa shape index (κ1) is 14.6. The molecule has 2 unspecified atom stereocenters. The van der Waals surface area contributed by atoms with Gasteiger partial charge in [0.15, 0.2) is 0 Å². The summed E-state index contributed by atoms with van der Waals surface area (Å²) in [5, 5.41) is 11.8. The van der Waals surface area contributed by atoms with Crippen molar-refractivity contribution in [3.05, 3.63) is 20.3 Å². The number of thiophene rings is 1. The van der Waals surface area contributed by atoms with Crippen molar-refractivity contribution in [3.8, 4) is 0 Å². The number of rotatable bonds is 3. The average molecular weight is 322 g/mol. The van der Waals surface area contributed by atoms with E-state index in [1.165, 1.54) is 6.07 Å². The highest BCUT2D eigenvalue weighted by Gasteiger charge is 2.28. The first-order valence-electron chi connectivity index (χ1n) is 5.96. The van der Waals surface area contributed by atoms with Crippen LogP contribution in [0.5, 0.6) is 0 Å². The minimum absolute atomic E-state index is 0.114. The summed E-state index contributed by atoms with van der Waals surface area (Å²) in [4.78, 5) is 23.0. The smallest absolute Gasteiger partial charge is 0.306 e. The molecule has 0 bridgehead atoms. The van der Waals surface area contributed by atoms with Gasteiger partial charge in [-0.15, -0.1) is 11.3 Å². The first-order chi connectivity index (χ1) is 8.97. The minimum Gasteiger partial charge on any atom is -0.481 e. The van der Waals surface area contributed by atoms with Crippen LogP contribution in [0.4, 0.5) is 0 Å². The molecule has 1 aromatic rings. The standard InChI is InChI=1S/C12H13Cl2NO3S/c13-9-5-8(10(14)19-9)11(16)15-7-3-1-2-6(4-7)12(17)18/h5-7H,1-4H2,(H,15,16)(H,17,18). The Bertz CT molecular complexity index is 503. The molecule has 7 heteroatoms. The average Bonchev–Trinajstić information content (AvgIpc) is 2.69. The van der Waals surface area contributed by atoms with Crippen molar-refractivity contribution < 1.29 is 14.7 Å². The van der Waals surface area contributed by atoms with Gasteiger partial charge in [-0.3, -0.25) is 9.59 Å². The number of aliphatic carboxylic acids is 1. The van der Waals surface area contributed by atoms with E-state index in [-0.39, 0.29) is 17.9 Å². The van der Waals surface area contributed by atoms with Crippen molar-refractivity contribution in [2.24, 2.45) is 5.92 Å². The first-order valence-corrected chi connectivity index (χ1v) is 7.53. The third kappa shape index (κ3) is 3.61. The normalized spacial score (nSPS) is 23.1. The Morgan fingerprint density at radius 2 is 2.11 bits per heavy atom. The molecule has 1 fully saturated rings. The molecule has 1 amide bonds. The number of amides is 1. The van der Waals surface area contributed by atoms with Crippen LogP contribution in [0, 0.1) is 5.92 Å². The molecule has 0 saturated heterocycles. The zero-order valence-electron chi connectivity index (χ0n) is 9.99. The van der Waals surface area contributed by atoms with Gasteiger partial charge in [0.1, 0.15) is 4.34 Å². The van der Waals surface area contributed by atoms with Gasteiger partial charge in [-0.1, -0.05) is 29.6 Å². The van der Waals surface area contributed by atoms with Crippen molar-refractivity contribution in [2.45, 2.75) is 31.7 Å². The maximum Gasteiger partial charge on any atom is 0.306 e. The highest BCUT2D eigenvalue weighted by Crippen LogP contribution is 2.31. The molecule has 0 spiro atoms. The van der Waals surface area contributed by atoms with Gasteiger partial charge < -0.3 is 10.4 Å². The molecule has 0 radical (unpaired) electrons. The van der Waals surface area contributed by atoms with E-state index in [4.69, 9.17) is 28.3 Å². The third-order valence-electron chi connectivity index (χ3n) is 3.26. The molecule has 1 saturated carbocycles. The van der Waals surface area contributed by atoms with Gasteiger partial charge in [0.2, 0.25) is 0 Å². The summed E-state index contributed by atoms with van der Waals surface area (Å²) in [6.07, 6.45) is 2.74. The fourth-order valence-corrected chi connectivity index (χ4v) is 3.76. The monoisotopic (exact) mass is 321 g/mol. The second-order valence-corrected chi connectivity index (χ2v) is 6.90. The van der Waals surface area contributed by atoms with Crippen LogP contribution in [-0.2, 0) is 4.79 Å². The fourth-order valence-electron chi connectivity index (χ4n) is 2.30. The molecule has 0 aliphatic heterocycles. The van der Waals surface area contributed by atoms with Crippen molar-refractivity contribution in [3.63, 3.8) is 0 Å². The van der Waals surface area contributed by atoms with E-state index in [1.807, 2.05) is 0 Å². The number of carbonyl (C=O) groups excluding carboxylic acids is 1. The van der Waals surface area contributed by atoms with E-state index >= 15 is 0 Å². The van der Waals surface area contributed by atoms with E-state index < -0.39 is 5.97 Å². The number of halogens is 2. The third-order valence-corrected chi connectivity index (χ3v) is 4.75. The topological polar surface area (TPSA) is 66.4 Å². The highest BCUT2D eigenvalue weighted by molar-refractivity contribution is 7.20. The van der Waals surface area contributed by atoms with Crippen LogP contribution in [0.3, 0.4) is 0 Å². The molecule has 2 rings (SSSR count). The van der Waals surface area contributed by atoms with Crippen LogP contribution in [0.1, 0.15) is 36.0 Å². The molecule has 1 aliphatic carbocycles. The van der Waals surface area contributed by atoms with Gasteiger partial charge in [0, 0.05) is 6.04 Å². The lowest BCUT2D eigenvalue weighted by Crippen LogP contribution is -2.39. The predicted octanol–water partition coefficient (Wildman–Crippen LogP) is 3.43. The summed E-state index contributed by atoms with van der Waals surface area (Å²) < 4.78 is 0.815. The largest absolute Gasteiger partial charge is 0.481 e. The van der Waals surface area contributed by atoms with Gasteiger partial charge in [0.05, 0.1) is 15.8 Å². The van der Waals surface area contributed by atoms with Gasteiger partial charge in [-0.2, -0.15) is 0 Å². The molecule has 19 heavy (non-hydrogen) atoms. The maximum absolute atomic E-state index is 12.0. The van der Waals surface area contributed by atoms with Crippen molar-refractivity contribution in [1.82, 2.24) is 5.32 Å². The second kappa shape index (κ2) is 6.11. The SMILES string of the molecule is O=C(NC1CCCC(C(=O)O)C1)c1cc(Cl)sc1Cl. The molecule has 2 atom stereocenters. The summed E-state index contributed by atoms with van der Waals surface area (Å²) >= 11 is 12.9. The Morgan fingerprint density at radius 1 is 1.37 bits per heavy atom. The van der Waals surface area contributed by atoms with Crippen LogP contribution in [0.25, 0.3) is 0 Å². The van der Waals surface area contributed by atoms with E-state index in [0.29, 0.717) is 27.1 Å². The second-order valence-electron chi connectivity index (χ2n) is 4.61. The zero-order valence-corrected chi connectivity index (χ0v) is 12.3. The minimum atomic E-state index is -0.796. The lowest BCUT2D eigenvalue weighted by molar-refractivity contribution is -0.143. The summed E-state index contributed by atoms with van der Waals surface area (Å²) in [7, 11) is 0. The lowest BCUT2D eigenvalue weighted by Gasteiger charge is -2.27. The molecular weight excluding hydrogens is 309 g/mol. The summed E-state index contributed by atoms with van der Waals surface area (Å²) in [5.74, 6) is -1.46. The van der Waals surface area contributed by atoms with Crippen LogP contribution in [-0.4, -0.2) is 23.0 Å². The number of hydrogen-bond donors (Lipinski definition) is 2. The van der Waals surface area contributed by atoms with E-state index in [2.05, 4.69) is 5.32 Å². The van der Waals surface area contributed by atoms with E-state index in [0.717, 1.165) is 24.2 Å². The van der Waals surface area contributed by atoms with Crippen LogP contribution >= 0.6 is 34.5 Å². The lowest BCUT2D eigenvalue weighted by atomic mass is 9.85.